The number of carbonyl (C=O) groups is 1. The van der Waals surface area contributed by atoms with E-state index in [2.05, 4.69) is 5.32 Å². The van der Waals surface area contributed by atoms with E-state index in [0.717, 1.165) is 23.3 Å². The Morgan fingerprint density at radius 1 is 1.10 bits per heavy atom. The Morgan fingerprint density at radius 3 is 2.50 bits per heavy atom. The Balaban J connectivity index is 1.45. The molecular formula is C22H28N2O5S. The summed E-state index contributed by atoms with van der Waals surface area (Å²) in [5.41, 5.74) is 2.02. The molecule has 0 radical (unpaired) electrons. The van der Waals surface area contributed by atoms with E-state index in [1.54, 1.807) is 24.3 Å². The van der Waals surface area contributed by atoms with Crippen molar-refractivity contribution in [2.75, 3.05) is 39.5 Å². The predicted molar refractivity (Wildman–Crippen MR) is 114 cm³/mol. The molecule has 1 N–H and O–H groups in total. The lowest BCUT2D eigenvalue weighted by atomic mass is 10.1. The summed E-state index contributed by atoms with van der Waals surface area (Å²) in [6, 6.07) is 14.5. The number of carbonyl (C=O) groups excluding carboxylic acids is 1. The number of para-hydroxylation sites is 1. The quantitative estimate of drug-likeness (QED) is 0.655. The number of aryl methyl sites for hydroxylation is 1. The Kier molecular flexibility index (Phi) is 7.84. The fourth-order valence-electron chi connectivity index (χ4n) is 3.24. The lowest BCUT2D eigenvalue weighted by molar-refractivity contribution is -0.123. The number of hydrogen-bond acceptors (Lipinski definition) is 5. The van der Waals surface area contributed by atoms with E-state index in [9.17, 15) is 13.2 Å². The van der Waals surface area contributed by atoms with Gasteiger partial charge in [0.1, 0.15) is 5.75 Å². The number of amides is 1. The lowest BCUT2D eigenvalue weighted by Crippen LogP contribution is -2.40. The van der Waals surface area contributed by atoms with Crippen molar-refractivity contribution in [2.24, 2.45) is 0 Å². The molecule has 0 aromatic heterocycles. The maximum absolute atomic E-state index is 12.6. The van der Waals surface area contributed by atoms with Crippen LogP contribution in [0, 0.1) is 0 Å². The second kappa shape index (κ2) is 10.6. The van der Waals surface area contributed by atoms with Gasteiger partial charge in [-0.1, -0.05) is 37.3 Å². The average Bonchev–Trinajstić information content (AvgIpc) is 2.79. The van der Waals surface area contributed by atoms with Crippen LogP contribution in [-0.2, 0) is 32.4 Å². The Hall–Kier alpha value is -2.42. The first-order valence-electron chi connectivity index (χ1n) is 10.1. The Labute approximate surface area is 178 Å². The van der Waals surface area contributed by atoms with Crippen molar-refractivity contribution < 1.29 is 22.7 Å². The molecule has 1 amide bonds. The highest BCUT2D eigenvalue weighted by Gasteiger charge is 2.26. The molecule has 1 heterocycles. The first kappa shape index (κ1) is 22.3. The van der Waals surface area contributed by atoms with Crippen molar-refractivity contribution >= 4 is 15.9 Å². The van der Waals surface area contributed by atoms with Gasteiger partial charge in [0.25, 0.3) is 5.91 Å². The summed E-state index contributed by atoms with van der Waals surface area (Å²) in [5, 5.41) is 2.83. The number of sulfonamides is 1. The molecule has 0 aliphatic carbocycles. The molecule has 1 aliphatic rings. The second-order valence-electron chi connectivity index (χ2n) is 7.01. The van der Waals surface area contributed by atoms with Crippen molar-refractivity contribution in [3.63, 3.8) is 0 Å². The number of rotatable bonds is 9. The topological polar surface area (TPSA) is 84.9 Å². The van der Waals surface area contributed by atoms with Crippen LogP contribution in [0.5, 0.6) is 5.75 Å². The van der Waals surface area contributed by atoms with Gasteiger partial charge in [-0.3, -0.25) is 4.79 Å². The molecule has 0 bridgehead atoms. The van der Waals surface area contributed by atoms with E-state index in [0.29, 0.717) is 39.3 Å². The van der Waals surface area contributed by atoms with Crippen LogP contribution in [0.1, 0.15) is 18.1 Å². The monoisotopic (exact) mass is 432 g/mol. The largest absolute Gasteiger partial charge is 0.483 e. The van der Waals surface area contributed by atoms with Gasteiger partial charge in [0, 0.05) is 19.6 Å². The molecule has 30 heavy (non-hydrogen) atoms. The molecule has 0 spiro atoms. The van der Waals surface area contributed by atoms with Crippen LogP contribution < -0.4 is 10.1 Å². The van der Waals surface area contributed by atoms with E-state index in [1.807, 2.05) is 31.2 Å². The van der Waals surface area contributed by atoms with Gasteiger partial charge in [0.2, 0.25) is 10.0 Å². The van der Waals surface area contributed by atoms with Crippen molar-refractivity contribution in [3.05, 3.63) is 59.7 Å². The smallest absolute Gasteiger partial charge is 0.257 e. The number of nitrogens with zero attached hydrogens (tertiary/aromatic N) is 1. The number of morpholine rings is 1. The zero-order valence-electron chi connectivity index (χ0n) is 17.2. The highest BCUT2D eigenvalue weighted by atomic mass is 32.2. The number of ether oxygens (including phenoxy) is 2. The molecule has 2 aromatic rings. The summed E-state index contributed by atoms with van der Waals surface area (Å²) in [5.74, 6) is 0.541. The normalized spacial score (nSPS) is 15.0. The highest BCUT2D eigenvalue weighted by molar-refractivity contribution is 7.89. The number of nitrogens with one attached hydrogen (secondary N) is 1. The summed E-state index contributed by atoms with van der Waals surface area (Å²) >= 11 is 0. The van der Waals surface area contributed by atoms with Crippen LogP contribution in [0.4, 0.5) is 0 Å². The molecule has 1 saturated heterocycles. The van der Waals surface area contributed by atoms with E-state index in [4.69, 9.17) is 9.47 Å². The third kappa shape index (κ3) is 5.81. The van der Waals surface area contributed by atoms with E-state index in [1.165, 1.54) is 4.31 Å². The van der Waals surface area contributed by atoms with Gasteiger partial charge < -0.3 is 14.8 Å². The van der Waals surface area contributed by atoms with Crippen LogP contribution in [0.3, 0.4) is 0 Å². The van der Waals surface area contributed by atoms with Crippen molar-refractivity contribution in [1.29, 1.82) is 0 Å². The van der Waals surface area contributed by atoms with Gasteiger partial charge in [-0.05, 0) is 42.2 Å². The molecule has 7 nitrogen and oxygen atoms in total. The minimum absolute atomic E-state index is 0.0340. The average molecular weight is 433 g/mol. The Morgan fingerprint density at radius 2 is 1.80 bits per heavy atom. The van der Waals surface area contributed by atoms with E-state index >= 15 is 0 Å². The molecule has 2 aromatic carbocycles. The molecular weight excluding hydrogens is 404 g/mol. The zero-order chi connectivity index (χ0) is 21.4. The van der Waals surface area contributed by atoms with Gasteiger partial charge in [-0.15, -0.1) is 0 Å². The second-order valence-corrected chi connectivity index (χ2v) is 8.95. The van der Waals surface area contributed by atoms with Crippen LogP contribution in [0.2, 0.25) is 0 Å². The van der Waals surface area contributed by atoms with Gasteiger partial charge >= 0.3 is 0 Å². The van der Waals surface area contributed by atoms with Crippen LogP contribution in [0.25, 0.3) is 0 Å². The Bertz CT molecular complexity index is 938. The molecule has 0 atom stereocenters. The summed E-state index contributed by atoms with van der Waals surface area (Å²) < 4.78 is 37.5. The third-order valence-corrected chi connectivity index (χ3v) is 6.89. The molecule has 0 unspecified atom stereocenters. The predicted octanol–water partition coefficient (Wildman–Crippen LogP) is 2.01. The minimum Gasteiger partial charge on any atom is -0.483 e. The van der Waals surface area contributed by atoms with E-state index in [-0.39, 0.29) is 17.4 Å². The summed E-state index contributed by atoms with van der Waals surface area (Å²) in [4.78, 5) is 12.3. The molecule has 0 saturated carbocycles. The molecule has 3 rings (SSSR count). The highest BCUT2D eigenvalue weighted by Crippen LogP contribution is 2.19. The third-order valence-electron chi connectivity index (χ3n) is 4.98. The van der Waals surface area contributed by atoms with Gasteiger partial charge in [0.05, 0.1) is 18.1 Å². The summed E-state index contributed by atoms with van der Waals surface area (Å²) in [6.45, 7) is 4.05. The lowest BCUT2D eigenvalue weighted by Gasteiger charge is -2.26. The number of benzene rings is 2. The standard InChI is InChI=1S/C22H28N2O5S/c1-2-19-5-3-4-6-21(19)29-17-22(25)23-12-11-18-7-9-20(10-8-18)30(26,27)24-13-15-28-16-14-24/h3-10H,2,11-17H2,1H3,(H,23,25). The van der Waals surface area contributed by atoms with Crippen molar-refractivity contribution in [3.8, 4) is 5.75 Å². The minimum atomic E-state index is -3.49. The fraction of sp³-hybridized carbons (Fsp3) is 0.409. The van der Waals surface area contributed by atoms with Gasteiger partial charge in [-0.25, -0.2) is 8.42 Å². The zero-order valence-corrected chi connectivity index (χ0v) is 18.0. The summed E-state index contributed by atoms with van der Waals surface area (Å²) in [6.07, 6.45) is 1.45. The van der Waals surface area contributed by atoms with Gasteiger partial charge in [0.15, 0.2) is 6.61 Å². The molecule has 1 fully saturated rings. The SMILES string of the molecule is CCc1ccccc1OCC(=O)NCCc1ccc(S(=O)(=O)N2CCOCC2)cc1. The summed E-state index contributed by atoms with van der Waals surface area (Å²) in [7, 11) is -3.49. The first-order valence-corrected chi connectivity index (χ1v) is 11.6. The van der Waals surface area contributed by atoms with Gasteiger partial charge in [-0.2, -0.15) is 4.31 Å². The first-order chi connectivity index (χ1) is 14.5. The maximum atomic E-state index is 12.6. The van der Waals surface area contributed by atoms with Crippen molar-refractivity contribution in [1.82, 2.24) is 9.62 Å². The maximum Gasteiger partial charge on any atom is 0.257 e. The van der Waals surface area contributed by atoms with Crippen molar-refractivity contribution in [2.45, 2.75) is 24.7 Å². The van der Waals surface area contributed by atoms with Crippen LogP contribution >= 0.6 is 0 Å². The molecule has 162 valence electrons. The van der Waals surface area contributed by atoms with Crippen LogP contribution in [-0.4, -0.2) is 58.1 Å². The van der Waals surface area contributed by atoms with Crippen LogP contribution in [0.15, 0.2) is 53.4 Å². The van der Waals surface area contributed by atoms with E-state index < -0.39 is 10.0 Å². The fourth-order valence-corrected chi connectivity index (χ4v) is 4.65. The number of hydrogen-bond donors (Lipinski definition) is 1. The molecule has 1 aliphatic heterocycles. The molecule has 8 heteroatoms.